The van der Waals surface area contributed by atoms with E-state index in [1.807, 2.05) is 48.7 Å². The molecule has 0 saturated carbocycles. The van der Waals surface area contributed by atoms with E-state index in [2.05, 4.69) is 44.7 Å². The third kappa shape index (κ3) is 4.35. The van der Waals surface area contributed by atoms with Crippen molar-refractivity contribution in [2.24, 2.45) is 0 Å². The number of nitrogens with one attached hydrogen (secondary N) is 1. The van der Waals surface area contributed by atoms with E-state index in [4.69, 9.17) is 17.0 Å². The van der Waals surface area contributed by atoms with E-state index in [0.717, 1.165) is 28.3 Å². The second-order valence-electron chi connectivity index (χ2n) is 8.81. The third-order valence-electron chi connectivity index (χ3n) is 6.64. The predicted molar refractivity (Wildman–Crippen MR) is 142 cm³/mol. The van der Waals surface area contributed by atoms with Gasteiger partial charge in [-0.3, -0.25) is 9.97 Å². The highest BCUT2D eigenvalue weighted by atomic mass is 32.1. The summed E-state index contributed by atoms with van der Waals surface area (Å²) in [4.78, 5) is 22.9. The van der Waals surface area contributed by atoms with Gasteiger partial charge in [-0.05, 0) is 91.8 Å². The Morgan fingerprint density at radius 2 is 1.81 bits per heavy atom. The molecule has 1 aliphatic rings. The van der Waals surface area contributed by atoms with Gasteiger partial charge in [-0.2, -0.15) is 0 Å². The molecular formula is C28H27N5O2S. The van der Waals surface area contributed by atoms with Crippen LogP contribution in [0.1, 0.15) is 50.7 Å². The highest BCUT2D eigenvalue weighted by molar-refractivity contribution is 7.80. The van der Waals surface area contributed by atoms with Gasteiger partial charge in [0.25, 0.3) is 0 Å². The Balaban J connectivity index is 1.58. The average Bonchev–Trinajstić information content (AvgIpc) is 3.39. The molecule has 36 heavy (non-hydrogen) atoms. The number of hydrogen-bond donors (Lipinski definition) is 1. The summed E-state index contributed by atoms with van der Waals surface area (Å²) in [5.41, 5.74) is 6.94. The Hall–Kier alpha value is -4.04. The number of nitrogens with zero attached hydrogens (tertiary/aromatic N) is 4. The van der Waals surface area contributed by atoms with Crippen molar-refractivity contribution in [3.05, 3.63) is 113 Å². The van der Waals surface area contributed by atoms with Crippen molar-refractivity contribution >= 4 is 23.3 Å². The Labute approximate surface area is 215 Å². The zero-order valence-corrected chi connectivity index (χ0v) is 21.2. The number of aromatic nitrogens is 3. The molecule has 0 radical (unpaired) electrons. The van der Waals surface area contributed by atoms with Gasteiger partial charge in [-0.25, -0.2) is 4.79 Å². The fourth-order valence-electron chi connectivity index (χ4n) is 4.95. The minimum absolute atomic E-state index is 0.0603. The summed E-state index contributed by atoms with van der Waals surface area (Å²) in [6, 6.07) is 19.5. The molecule has 1 aromatic carbocycles. The molecule has 182 valence electrons. The minimum atomic E-state index is -0.348. The van der Waals surface area contributed by atoms with Gasteiger partial charge in [0, 0.05) is 42.2 Å². The molecule has 4 aromatic rings. The van der Waals surface area contributed by atoms with Crippen molar-refractivity contribution in [2.75, 3.05) is 7.11 Å². The molecule has 7 nitrogen and oxygen atoms in total. The molecule has 0 aliphatic carbocycles. The number of thiocarbonyl (C=S) groups is 1. The van der Waals surface area contributed by atoms with E-state index in [1.54, 1.807) is 24.5 Å². The number of ether oxygens (including phenoxy) is 1. The number of carbonyl (C=O) groups is 1. The number of benzene rings is 1. The molecule has 1 aliphatic heterocycles. The molecular weight excluding hydrogens is 470 g/mol. The predicted octanol–water partition coefficient (Wildman–Crippen LogP) is 4.84. The zero-order chi connectivity index (χ0) is 25.2. The Kier molecular flexibility index (Phi) is 6.52. The van der Waals surface area contributed by atoms with Crippen LogP contribution in [0.5, 0.6) is 0 Å². The van der Waals surface area contributed by atoms with Crippen LogP contribution in [0.4, 0.5) is 0 Å². The third-order valence-corrected chi connectivity index (χ3v) is 6.99. The number of esters is 1. The molecule has 1 saturated heterocycles. The first kappa shape index (κ1) is 23.7. The number of pyridine rings is 2. The van der Waals surface area contributed by atoms with Crippen LogP contribution >= 0.6 is 12.2 Å². The molecule has 0 spiro atoms. The van der Waals surface area contributed by atoms with E-state index in [-0.39, 0.29) is 18.1 Å². The summed E-state index contributed by atoms with van der Waals surface area (Å²) >= 11 is 5.84. The van der Waals surface area contributed by atoms with Crippen LogP contribution in [0, 0.1) is 13.8 Å². The monoisotopic (exact) mass is 497 g/mol. The van der Waals surface area contributed by atoms with E-state index >= 15 is 0 Å². The maximum absolute atomic E-state index is 11.9. The largest absolute Gasteiger partial charge is 0.465 e. The van der Waals surface area contributed by atoms with E-state index in [1.165, 1.54) is 12.7 Å². The van der Waals surface area contributed by atoms with Crippen molar-refractivity contribution in [3.63, 3.8) is 0 Å². The van der Waals surface area contributed by atoms with Crippen LogP contribution in [0.15, 0.2) is 79.3 Å². The standard InChI is InChI=1S/C28H27N5O2S/c1-18-16-23(19(2)33(18)22-9-7-21(8-10-22)27(34)35-3)26-25(24-6-4-5-13-30-24)31-28(36)32(26)17-20-11-14-29-15-12-20/h4-16,25-26H,17H2,1-3H3,(H,31,36). The molecule has 1 N–H and O–H groups in total. The van der Waals surface area contributed by atoms with Crippen LogP contribution in [0.25, 0.3) is 5.69 Å². The molecule has 8 heteroatoms. The SMILES string of the molecule is COC(=O)c1ccc(-n2c(C)cc(C3C(c4ccccn4)NC(=S)N3Cc3ccncc3)c2C)cc1. The van der Waals surface area contributed by atoms with Gasteiger partial charge in [0.05, 0.1) is 30.5 Å². The lowest BCUT2D eigenvalue weighted by Gasteiger charge is -2.28. The molecule has 4 heterocycles. The number of hydrogen-bond acceptors (Lipinski definition) is 5. The molecule has 5 rings (SSSR count). The van der Waals surface area contributed by atoms with Gasteiger partial charge in [0.2, 0.25) is 0 Å². The smallest absolute Gasteiger partial charge is 0.337 e. The first-order valence-electron chi connectivity index (χ1n) is 11.7. The second kappa shape index (κ2) is 9.91. The summed E-state index contributed by atoms with van der Waals surface area (Å²) < 4.78 is 7.05. The van der Waals surface area contributed by atoms with Gasteiger partial charge in [-0.15, -0.1) is 0 Å². The molecule has 0 amide bonds. The summed E-state index contributed by atoms with van der Waals surface area (Å²) in [6.07, 6.45) is 5.42. The van der Waals surface area contributed by atoms with Crippen molar-refractivity contribution < 1.29 is 9.53 Å². The highest BCUT2D eigenvalue weighted by Crippen LogP contribution is 2.42. The quantitative estimate of drug-likeness (QED) is 0.302. The van der Waals surface area contributed by atoms with Crippen molar-refractivity contribution in [3.8, 4) is 5.69 Å². The number of aryl methyl sites for hydroxylation is 1. The van der Waals surface area contributed by atoms with Crippen LogP contribution in [0.3, 0.4) is 0 Å². The first-order chi connectivity index (χ1) is 17.5. The van der Waals surface area contributed by atoms with Crippen LogP contribution in [0.2, 0.25) is 0 Å². The number of rotatable bonds is 6. The second-order valence-corrected chi connectivity index (χ2v) is 9.20. The maximum Gasteiger partial charge on any atom is 0.337 e. The summed E-state index contributed by atoms with van der Waals surface area (Å²) in [5.74, 6) is -0.348. The van der Waals surface area contributed by atoms with Gasteiger partial charge in [0.1, 0.15) is 0 Å². The van der Waals surface area contributed by atoms with Crippen molar-refractivity contribution in [1.29, 1.82) is 0 Å². The minimum Gasteiger partial charge on any atom is -0.465 e. The van der Waals surface area contributed by atoms with Crippen molar-refractivity contribution in [1.82, 2.24) is 24.8 Å². The first-order valence-corrected chi connectivity index (χ1v) is 12.1. The van der Waals surface area contributed by atoms with E-state index in [0.29, 0.717) is 17.2 Å². The molecule has 2 unspecified atom stereocenters. The lowest BCUT2D eigenvalue weighted by atomic mass is 9.96. The zero-order valence-electron chi connectivity index (χ0n) is 20.4. The van der Waals surface area contributed by atoms with Crippen LogP contribution < -0.4 is 5.32 Å². The number of methoxy groups -OCH3 is 1. The van der Waals surface area contributed by atoms with Gasteiger partial charge in [0.15, 0.2) is 5.11 Å². The van der Waals surface area contributed by atoms with Gasteiger partial charge >= 0.3 is 5.97 Å². The lowest BCUT2D eigenvalue weighted by molar-refractivity contribution is 0.0600. The highest BCUT2D eigenvalue weighted by Gasteiger charge is 2.41. The summed E-state index contributed by atoms with van der Waals surface area (Å²) in [7, 11) is 1.39. The lowest BCUT2D eigenvalue weighted by Crippen LogP contribution is -2.29. The molecule has 2 atom stereocenters. The van der Waals surface area contributed by atoms with Crippen LogP contribution in [-0.2, 0) is 11.3 Å². The summed E-state index contributed by atoms with van der Waals surface area (Å²) in [6.45, 7) is 4.87. The normalized spacial score (nSPS) is 17.2. The van der Waals surface area contributed by atoms with Gasteiger partial charge < -0.3 is 19.5 Å². The van der Waals surface area contributed by atoms with Crippen molar-refractivity contribution in [2.45, 2.75) is 32.5 Å². The Morgan fingerprint density at radius 1 is 1.06 bits per heavy atom. The number of carbonyl (C=O) groups excluding carboxylic acids is 1. The maximum atomic E-state index is 11.9. The molecule has 3 aromatic heterocycles. The molecule has 1 fully saturated rings. The van der Waals surface area contributed by atoms with Gasteiger partial charge in [-0.1, -0.05) is 6.07 Å². The Morgan fingerprint density at radius 3 is 2.47 bits per heavy atom. The Bertz CT molecular complexity index is 1390. The topological polar surface area (TPSA) is 72.3 Å². The fraction of sp³-hybridized carbons (Fsp3) is 0.214. The van der Waals surface area contributed by atoms with E-state index in [9.17, 15) is 4.79 Å². The summed E-state index contributed by atoms with van der Waals surface area (Å²) in [5, 5.41) is 4.22. The average molecular weight is 498 g/mol. The molecule has 0 bridgehead atoms. The fourth-order valence-corrected chi connectivity index (χ4v) is 5.25. The van der Waals surface area contributed by atoms with Crippen LogP contribution in [-0.4, -0.2) is 37.6 Å². The van der Waals surface area contributed by atoms with E-state index < -0.39 is 0 Å².